The molecular formula is C14H19NO4S. The first-order chi connectivity index (χ1) is 9.52. The fourth-order valence-corrected chi connectivity index (χ4v) is 3.62. The van der Waals surface area contributed by atoms with Crippen LogP contribution in [0.2, 0.25) is 0 Å². The fraction of sp³-hybridized carbons (Fsp3) is 0.500. The molecule has 6 heteroatoms. The van der Waals surface area contributed by atoms with Gasteiger partial charge < -0.3 is 4.74 Å². The second-order valence-corrected chi connectivity index (χ2v) is 7.21. The van der Waals surface area contributed by atoms with Crippen molar-refractivity contribution >= 4 is 15.6 Å². The number of rotatable bonds is 4. The normalized spacial score (nSPS) is 19.2. The number of hydrogen-bond acceptors (Lipinski definition) is 5. The molecule has 0 unspecified atom stereocenters. The fourth-order valence-electron chi connectivity index (χ4n) is 2.31. The van der Waals surface area contributed by atoms with Crippen LogP contribution in [0.15, 0.2) is 24.3 Å². The van der Waals surface area contributed by atoms with E-state index < -0.39 is 9.84 Å². The van der Waals surface area contributed by atoms with Gasteiger partial charge in [0.1, 0.15) is 5.75 Å². The van der Waals surface area contributed by atoms with E-state index >= 15 is 0 Å². The minimum Gasteiger partial charge on any atom is -0.496 e. The van der Waals surface area contributed by atoms with E-state index in [-0.39, 0.29) is 23.8 Å². The Balaban J connectivity index is 2.04. The van der Waals surface area contributed by atoms with Gasteiger partial charge in [-0.3, -0.25) is 9.69 Å². The van der Waals surface area contributed by atoms with Crippen molar-refractivity contribution in [3.8, 4) is 5.75 Å². The molecule has 1 aliphatic heterocycles. The number of Topliss-reactive ketones (excluding diaryl/α,β-unsaturated/α-hetero) is 1. The number of benzene rings is 1. The summed E-state index contributed by atoms with van der Waals surface area (Å²) in [6.07, 6.45) is 0.585. The molecule has 5 nitrogen and oxygen atoms in total. The summed E-state index contributed by atoms with van der Waals surface area (Å²) in [5, 5.41) is 0. The van der Waals surface area contributed by atoms with Crippen molar-refractivity contribution < 1.29 is 17.9 Å². The molecule has 1 aromatic rings. The highest BCUT2D eigenvalue weighted by Gasteiger charge is 2.22. The Kier molecular flexibility index (Phi) is 4.77. The molecule has 0 bridgehead atoms. The van der Waals surface area contributed by atoms with Crippen LogP contribution >= 0.6 is 0 Å². The van der Waals surface area contributed by atoms with Crippen LogP contribution in [0.1, 0.15) is 16.8 Å². The summed E-state index contributed by atoms with van der Waals surface area (Å²) in [6, 6.07) is 7.09. The van der Waals surface area contributed by atoms with E-state index in [1.165, 1.54) is 7.11 Å². The van der Waals surface area contributed by atoms with Crippen LogP contribution in [0, 0.1) is 0 Å². The molecule has 0 spiro atoms. The molecule has 0 N–H and O–H groups in total. The maximum Gasteiger partial charge on any atom is 0.180 e. The van der Waals surface area contributed by atoms with Gasteiger partial charge in [0.15, 0.2) is 15.6 Å². The minimum atomic E-state index is -2.94. The zero-order valence-electron chi connectivity index (χ0n) is 11.5. The quantitative estimate of drug-likeness (QED) is 0.776. The van der Waals surface area contributed by atoms with Crippen molar-refractivity contribution in [2.24, 2.45) is 0 Å². The highest BCUT2D eigenvalue weighted by atomic mass is 32.2. The van der Waals surface area contributed by atoms with Crippen molar-refractivity contribution in [3.63, 3.8) is 0 Å². The molecule has 1 fully saturated rings. The zero-order valence-corrected chi connectivity index (χ0v) is 12.4. The van der Waals surface area contributed by atoms with Crippen LogP contribution in [-0.4, -0.2) is 57.4 Å². The monoisotopic (exact) mass is 297 g/mol. The van der Waals surface area contributed by atoms with E-state index in [0.717, 1.165) is 0 Å². The summed E-state index contributed by atoms with van der Waals surface area (Å²) in [6.45, 7) is 1.29. The Morgan fingerprint density at radius 3 is 2.75 bits per heavy atom. The largest absolute Gasteiger partial charge is 0.496 e. The highest BCUT2D eigenvalue weighted by molar-refractivity contribution is 7.91. The molecule has 2 rings (SSSR count). The molecule has 1 aromatic carbocycles. The molecule has 0 saturated carbocycles. The van der Waals surface area contributed by atoms with Gasteiger partial charge in [-0.05, 0) is 25.1 Å². The van der Waals surface area contributed by atoms with E-state index in [0.29, 0.717) is 30.8 Å². The molecule has 0 amide bonds. The summed E-state index contributed by atoms with van der Waals surface area (Å²) in [4.78, 5) is 14.2. The second kappa shape index (κ2) is 6.37. The van der Waals surface area contributed by atoms with Crippen LogP contribution in [0.4, 0.5) is 0 Å². The number of methoxy groups -OCH3 is 1. The predicted octanol–water partition coefficient (Wildman–Crippen LogP) is 0.998. The van der Waals surface area contributed by atoms with E-state index in [9.17, 15) is 13.2 Å². The van der Waals surface area contributed by atoms with Crippen LogP contribution in [-0.2, 0) is 9.84 Å². The molecule has 110 valence electrons. The molecule has 0 aliphatic carbocycles. The van der Waals surface area contributed by atoms with Gasteiger partial charge in [0.2, 0.25) is 0 Å². The topological polar surface area (TPSA) is 63.7 Å². The Hall–Kier alpha value is -1.40. The number of para-hydroxylation sites is 1. The second-order valence-electron chi connectivity index (χ2n) is 4.90. The number of hydrogen-bond donors (Lipinski definition) is 0. The van der Waals surface area contributed by atoms with Crippen LogP contribution in [0.3, 0.4) is 0 Å². The van der Waals surface area contributed by atoms with Crippen LogP contribution in [0.5, 0.6) is 5.75 Å². The van der Waals surface area contributed by atoms with Gasteiger partial charge in [-0.25, -0.2) is 8.42 Å². The SMILES string of the molecule is COc1ccccc1C(=O)CN1CCCS(=O)(=O)CC1. The average Bonchev–Trinajstić information content (AvgIpc) is 2.60. The van der Waals surface area contributed by atoms with Crippen molar-refractivity contribution in [3.05, 3.63) is 29.8 Å². The lowest BCUT2D eigenvalue weighted by atomic mass is 10.1. The molecule has 1 aliphatic rings. The molecule has 1 saturated heterocycles. The molecule has 0 radical (unpaired) electrons. The molecule has 0 atom stereocenters. The first kappa shape index (κ1) is 15.0. The van der Waals surface area contributed by atoms with Gasteiger partial charge in [0, 0.05) is 6.54 Å². The first-order valence-corrected chi connectivity index (χ1v) is 8.43. The van der Waals surface area contributed by atoms with Gasteiger partial charge in [-0.2, -0.15) is 0 Å². The number of carbonyl (C=O) groups is 1. The number of nitrogens with zero attached hydrogens (tertiary/aromatic N) is 1. The number of carbonyl (C=O) groups excluding carboxylic acids is 1. The minimum absolute atomic E-state index is 0.0400. The van der Waals surface area contributed by atoms with E-state index in [1.807, 2.05) is 11.0 Å². The summed E-state index contributed by atoms with van der Waals surface area (Å²) in [7, 11) is -1.41. The Morgan fingerprint density at radius 2 is 2.00 bits per heavy atom. The van der Waals surface area contributed by atoms with Gasteiger partial charge >= 0.3 is 0 Å². The van der Waals surface area contributed by atoms with Gasteiger partial charge in [-0.1, -0.05) is 12.1 Å². The number of ketones is 1. The smallest absolute Gasteiger partial charge is 0.180 e. The Labute approximate surface area is 119 Å². The van der Waals surface area contributed by atoms with Crippen LogP contribution < -0.4 is 4.74 Å². The van der Waals surface area contributed by atoms with Crippen molar-refractivity contribution in [1.82, 2.24) is 4.90 Å². The van der Waals surface area contributed by atoms with Gasteiger partial charge in [0.05, 0.1) is 30.7 Å². The zero-order chi connectivity index (χ0) is 14.6. The Morgan fingerprint density at radius 1 is 1.25 bits per heavy atom. The molecule has 1 heterocycles. The van der Waals surface area contributed by atoms with E-state index in [2.05, 4.69) is 0 Å². The number of sulfone groups is 1. The van der Waals surface area contributed by atoms with Gasteiger partial charge in [-0.15, -0.1) is 0 Å². The van der Waals surface area contributed by atoms with E-state index in [4.69, 9.17) is 4.74 Å². The lowest BCUT2D eigenvalue weighted by Gasteiger charge is -2.18. The number of ether oxygens (including phenoxy) is 1. The molecular weight excluding hydrogens is 278 g/mol. The maximum absolute atomic E-state index is 12.3. The van der Waals surface area contributed by atoms with Crippen molar-refractivity contribution in [2.75, 3.05) is 38.2 Å². The lowest BCUT2D eigenvalue weighted by Crippen LogP contribution is -2.32. The third kappa shape index (κ3) is 3.80. The molecule has 0 aromatic heterocycles. The summed E-state index contributed by atoms with van der Waals surface area (Å²) in [5.41, 5.74) is 0.544. The average molecular weight is 297 g/mol. The maximum atomic E-state index is 12.3. The lowest BCUT2D eigenvalue weighted by molar-refractivity contribution is 0.0932. The van der Waals surface area contributed by atoms with E-state index in [1.54, 1.807) is 18.2 Å². The molecule has 20 heavy (non-hydrogen) atoms. The highest BCUT2D eigenvalue weighted by Crippen LogP contribution is 2.18. The summed E-state index contributed by atoms with van der Waals surface area (Å²) < 4.78 is 28.3. The standard InChI is InChI=1S/C14H19NO4S/c1-19-14-6-3-2-5-12(14)13(16)11-15-7-4-9-20(17,18)10-8-15/h2-3,5-6H,4,7-11H2,1H3. The van der Waals surface area contributed by atoms with Crippen molar-refractivity contribution in [2.45, 2.75) is 6.42 Å². The van der Waals surface area contributed by atoms with Crippen LogP contribution in [0.25, 0.3) is 0 Å². The van der Waals surface area contributed by atoms with Crippen molar-refractivity contribution in [1.29, 1.82) is 0 Å². The Bertz CT molecular complexity index is 583. The third-order valence-corrected chi connectivity index (χ3v) is 5.14. The summed E-state index contributed by atoms with van der Waals surface area (Å²) >= 11 is 0. The first-order valence-electron chi connectivity index (χ1n) is 6.61. The van der Waals surface area contributed by atoms with Gasteiger partial charge in [0.25, 0.3) is 0 Å². The predicted molar refractivity (Wildman–Crippen MR) is 77.0 cm³/mol. The summed E-state index contributed by atoms with van der Waals surface area (Å²) in [5.74, 6) is 0.861. The third-order valence-electron chi connectivity index (χ3n) is 3.42.